The Morgan fingerprint density at radius 1 is 1.50 bits per heavy atom. The molecule has 0 saturated heterocycles. The summed E-state index contributed by atoms with van der Waals surface area (Å²) >= 11 is 5.82. The summed E-state index contributed by atoms with van der Waals surface area (Å²) < 4.78 is 5.38. The van der Waals surface area contributed by atoms with Crippen molar-refractivity contribution in [1.82, 2.24) is 0 Å². The normalized spacial score (nSPS) is 23.0. The number of hydrogen-bond donors (Lipinski definition) is 2. The fraction of sp³-hybridized carbons (Fsp3) is 0.462. The van der Waals surface area contributed by atoms with Crippen molar-refractivity contribution in [1.29, 1.82) is 0 Å². The van der Waals surface area contributed by atoms with E-state index in [1.807, 2.05) is 0 Å². The number of ether oxygens (including phenoxy) is 1. The number of carboxylic acids is 1. The zero-order chi connectivity index (χ0) is 13.1. The van der Waals surface area contributed by atoms with Crippen molar-refractivity contribution in [3.63, 3.8) is 0 Å². The molecule has 1 saturated carbocycles. The number of carbonyl (C=O) groups is 1. The first-order valence-corrected chi connectivity index (χ1v) is 6.32. The fourth-order valence-electron chi connectivity index (χ4n) is 2.39. The molecule has 18 heavy (non-hydrogen) atoms. The van der Waals surface area contributed by atoms with Crippen LogP contribution in [0.25, 0.3) is 0 Å². The highest BCUT2D eigenvalue weighted by molar-refractivity contribution is 6.31. The standard InChI is InChI=1S/C13H16ClNO3/c1-18-12-4-2-3-11(12)15-10-6-5-8(14)7-9(10)13(16)17/h5-7,11-12,15H,2-4H2,1H3,(H,16,17). The van der Waals surface area contributed by atoms with Crippen LogP contribution in [0.1, 0.15) is 29.6 Å². The predicted octanol–water partition coefficient (Wildman–Crippen LogP) is 3.02. The van der Waals surface area contributed by atoms with Crippen molar-refractivity contribution in [2.24, 2.45) is 0 Å². The maximum absolute atomic E-state index is 11.2. The lowest BCUT2D eigenvalue weighted by Crippen LogP contribution is -2.30. The summed E-state index contributed by atoms with van der Waals surface area (Å²) in [4.78, 5) is 11.2. The lowest BCUT2D eigenvalue weighted by Gasteiger charge is -2.21. The zero-order valence-electron chi connectivity index (χ0n) is 10.1. The molecule has 0 spiro atoms. The Labute approximate surface area is 111 Å². The maximum Gasteiger partial charge on any atom is 0.337 e. The van der Waals surface area contributed by atoms with Gasteiger partial charge in [0.1, 0.15) is 0 Å². The average Bonchev–Trinajstić information content (AvgIpc) is 2.78. The van der Waals surface area contributed by atoms with Gasteiger partial charge < -0.3 is 15.2 Å². The topological polar surface area (TPSA) is 58.6 Å². The first kappa shape index (κ1) is 13.2. The van der Waals surface area contributed by atoms with Gasteiger partial charge in [-0.05, 0) is 37.5 Å². The van der Waals surface area contributed by atoms with Crippen molar-refractivity contribution in [3.8, 4) is 0 Å². The molecule has 2 N–H and O–H groups in total. The molecule has 4 nitrogen and oxygen atoms in total. The van der Waals surface area contributed by atoms with Crippen LogP contribution in [0.4, 0.5) is 5.69 Å². The first-order valence-electron chi connectivity index (χ1n) is 5.94. The van der Waals surface area contributed by atoms with E-state index >= 15 is 0 Å². The third kappa shape index (κ3) is 2.76. The van der Waals surface area contributed by atoms with Gasteiger partial charge in [0.25, 0.3) is 0 Å². The summed E-state index contributed by atoms with van der Waals surface area (Å²) in [6.45, 7) is 0. The second kappa shape index (κ2) is 5.59. The van der Waals surface area contributed by atoms with E-state index in [-0.39, 0.29) is 17.7 Å². The van der Waals surface area contributed by atoms with Crippen LogP contribution in [-0.2, 0) is 4.74 Å². The second-order valence-electron chi connectivity index (χ2n) is 4.45. The van der Waals surface area contributed by atoms with Gasteiger partial charge in [0, 0.05) is 17.8 Å². The highest BCUT2D eigenvalue weighted by Gasteiger charge is 2.27. The minimum Gasteiger partial charge on any atom is -0.478 e. The van der Waals surface area contributed by atoms with Crippen LogP contribution < -0.4 is 5.32 Å². The summed E-state index contributed by atoms with van der Waals surface area (Å²) in [7, 11) is 1.69. The third-order valence-electron chi connectivity index (χ3n) is 3.31. The van der Waals surface area contributed by atoms with Crippen LogP contribution in [0.2, 0.25) is 5.02 Å². The van der Waals surface area contributed by atoms with Crippen LogP contribution in [0, 0.1) is 0 Å². The van der Waals surface area contributed by atoms with Gasteiger partial charge in [0.05, 0.1) is 17.7 Å². The van der Waals surface area contributed by atoms with Gasteiger partial charge >= 0.3 is 5.97 Å². The van der Waals surface area contributed by atoms with Crippen LogP contribution in [0.3, 0.4) is 0 Å². The average molecular weight is 270 g/mol. The van der Waals surface area contributed by atoms with Crippen LogP contribution >= 0.6 is 11.6 Å². The number of nitrogens with one attached hydrogen (secondary N) is 1. The molecule has 0 bridgehead atoms. The quantitative estimate of drug-likeness (QED) is 0.882. The lowest BCUT2D eigenvalue weighted by atomic mass is 10.1. The molecule has 1 aliphatic rings. The Bertz CT molecular complexity index is 450. The summed E-state index contributed by atoms with van der Waals surface area (Å²) in [5, 5.41) is 12.8. The van der Waals surface area contributed by atoms with Gasteiger partial charge in [-0.25, -0.2) is 4.79 Å². The summed E-state index contributed by atoms with van der Waals surface area (Å²) in [5.41, 5.74) is 0.796. The van der Waals surface area contributed by atoms with E-state index in [4.69, 9.17) is 21.4 Å². The minimum atomic E-state index is -0.980. The van der Waals surface area contributed by atoms with E-state index in [0.29, 0.717) is 10.7 Å². The number of rotatable bonds is 4. The van der Waals surface area contributed by atoms with E-state index in [0.717, 1.165) is 19.3 Å². The Morgan fingerprint density at radius 2 is 2.28 bits per heavy atom. The van der Waals surface area contributed by atoms with Crippen molar-refractivity contribution in [2.45, 2.75) is 31.4 Å². The molecule has 0 radical (unpaired) electrons. The van der Waals surface area contributed by atoms with Crippen LogP contribution in [-0.4, -0.2) is 30.3 Å². The Morgan fingerprint density at radius 3 is 2.94 bits per heavy atom. The van der Waals surface area contributed by atoms with E-state index < -0.39 is 5.97 Å². The molecule has 0 heterocycles. The number of aromatic carboxylic acids is 1. The van der Waals surface area contributed by atoms with Crippen LogP contribution in [0.5, 0.6) is 0 Å². The molecule has 0 aromatic heterocycles. The van der Waals surface area contributed by atoms with E-state index in [1.54, 1.807) is 19.2 Å². The Hall–Kier alpha value is -1.26. The van der Waals surface area contributed by atoms with Gasteiger partial charge in [-0.2, -0.15) is 0 Å². The molecule has 2 unspecified atom stereocenters. The second-order valence-corrected chi connectivity index (χ2v) is 4.89. The van der Waals surface area contributed by atoms with E-state index in [2.05, 4.69) is 5.32 Å². The predicted molar refractivity (Wildman–Crippen MR) is 70.5 cm³/mol. The molecular weight excluding hydrogens is 254 g/mol. The molecule has 0 amide bonds. The number of halogens is 1. The largest absolute Gasteiger partial charge is 0.478 e. The van der Waals surface area contributed by atoms with Gasteiger partial charge in [0.15, 0.2) is 0 Å². The molecule has 2 atom stereocenters. The number of methoxy groups -OCH3 is 1. The molecule has 2 rings (SSSR count). The lowest BCUT2D eigenvalue weighted by molar-refractivity contribution is 0.0697. The van der Waals surface area contributed by atoms with Crippen molar-refractivity contribution >= 4 is 23.3 Å². The molecule has 1 aliphatic carbocycles. The van der Waals surface area contributed by atoms with Gasteiger partial charge in [-0.15, -0.1) is 0 Å². The van der Waals surface area contributed by atoms with Crippen LogP contribution in [0.15, 0.2) is 18.2 Å². The molecule has 1 aromatic carbocycles. The van der Waals surface area contributed by atoms with Gasteiger partial charge in [0.2, 0.25) is 0 Å². The number of carboxylic acid groups (broad SMARTS) is 1. The number of benzene rings is 1. The molecular formula is C13H16ClNO3. The maximum atomic E-state index is 11.2. The smallest absolute Gasteiger partial charge is 0.337 e. The molecule has 1 fully saturated rings. The van der Waals surface area contributed by atoms with E-state index in [1.165, 1.54) is 6.07 Å². The van der Waals surface area contributed by atoms with Crippen molar-refractivity contribution in [2.75, 3.05) is 12.4 Å². The van der Waals surface area contributed by atoms with Crippen molar-refractivity contribution < 1.29 is 14.6 Å². The zero-order valence-corrected chi connectivity index (χ0v) is 10.9. The number of hydrogen-bond acceptors (Lipinski definition) is 3. The van der Waals surface area contributed by atoms with Gasteiger partial charge in [-0.3, -0.25) is 0 Å². The van der Waals surface area contributed by atoms with Crippen molar-refractivity contribution in [3.05, 3.63) is 28.8 Å². The molecule has 5 heteroatoms. The summed E-state index contributed by atoms with van der Waals surface area (Å²) in [6, 6.07) is 5.02. The SMILES string of the molecule is COC1CCCC1Nc1ccc(Cl)cc1C(=O)O. The Kier molecular flexibility index (Phi) is 4.09. The minimum absolute atomic E-state index is 0.141. The first-order chi connectivity index (χ1) is 8.61. The highest BCUT2D eigenvalue weighted by atomic mass is 35.5. The Balaban J connectivity index is 2.20. The summed E-state index contributed by atoms with van der Waals surface area (Å²) in [6.07, 6.45) is 3.22. The molecule has 98 valence electrons. The highest BCUT2D eigenvalue weighted by Crippen LogP contribution is 2.28. The summed E-state index contributed by atoms with van der Waals surface area (Å²) in [5.74, 6) is -0.980. The third-order valence-corrected chi connectivity index (χ3v) is 3.54. The van der Waals surface area contributed by atoms with Gasteiger partial charge in [-0.1, -0.05) is 11.6 Å². The number of anilines is 1. The molecule has 0 aliphatic heterocycles. The monoisotopic (exact) mass is 269 g/mol. The van der Waals surface area contributed by atoms with E-state index in [9.17, 15) is 4.79 Å². The molecule has 1 aromatic rings. The fourth-order valence-corrected chi connectivity index (χ4v) is 2.56.